The maximum absolute atomic E-state index is 12.8. The SMILES string of the molecule is CC(C)C1(NC(=O)c2ccc(Cl)cc2)CCC(=O)N(Cc2ccccn2)C1. The van der Waals surface area contributed by atoms with Gasteiger partial charge in [0.05, 0.1) is 17.8 Å². The Hall–Kier alpha value is -2.40. The highest BCUT2D eigenvalue weighted by atomic mass is 35.5. The van der Waals surface area contributed by atoms with Gasteiger partial charge in [0.1, 0.15) is 0 Å². The van der Waals surface area contributed by atoms with Crippen LogP contribution in [0.4, 0.5) is 0 Å². The Morgan fingerprint density at radius 2 is 2.00 bits per heavy atom. The molecule has 5 nitrogen and oxygen atoms in total. The van der Waals surface area contributed by atoms with E-state index >= 15 is 0 Å². The first kappa shape index (κ1) is 19.4. The zero-order valence-corrected chi connectivity index (χ0v) is 16.4. The summed E-state index contributed by atoms with van der Waals surface area (Å²) in [5.74, 6) is 0.123. The fourth-order valence-corrected chi connectivity index (χ4v) is 3.57. The van der Waals surface area contributed by atoms with Crippen molar-refractivity contribution in [3.8, 4) is 0 Å². The standard InChI is InChI=1S/C21H24ClN3O2/c1-15(2)21(24-20(27)16-6-8-17(22)9-7-16)11-10-19(26)25(14-21)13-18-5-3-4-12-23-18/h3-9,12,15H,10-11,13-14H2,1-2H3,(H,24,27). The highest BCUT2D eigenvalue weighted by Gasteiger charge is 2.42. The lowest BCUT2D eigenvalue weighted by molar-refractivity contribution is -0.137. The minimum absolute atomic E-state index is 0.0951. The van der Waals surface area contributed by atoms with Crippen molar-refractivity contribution in [2.75, 3.05) is 6.54 Å². The number of likely N-dealkylation sites (tertiary alicyclic amines) is 1. The van der Waals surface area contributed by atoms with Crippen LogP contribution in [0.3, 0.4) is 0 Å². The van der Waals surface area contributed by atoms with Crippen molar-refractivity contribution in [2.24, 2.45) is 5.92 Å². The largest absolute Gasteiger partial charge is 0.345 e. The van der Waals surface area contributed by atoms with Crippen LogP contribution in [0.1, 0.15) is 42.7 Å². The van der Waals surface area contributed by atoms with Crippen molar-refractivity contribution in [2.45, 2.75) is 38.8 Å². The molecule has 1 aliphatic rings. The van der Waals surface area contributed by atoms with Crippen molar-refractivity contribution in [1.82, 2.24) is 15.2 Å². The molecule has 0 radical (unpaired) electrons. The molecule has 0 aliphatic carbocycles. The molecule has 6 heteroatoms. The van der Waals surface area contributed by atoms with Crippen molar-refractivity contribution in [1.29, 1.82) is 0 Å². The number of amides is 2. The summed E-state index contributed by atoms with van der Waals surface area (Å²) >= 11 is 5.92. The number of aromatic nitrogens is 1. The molecule has 1 aliphatic heterocycles. The highest BCUT2D eigenvalue weighted by molar-refractivity contribution is 6.30. The van der Waals surface area contributed by atoms with Crippen LogP contribution >= 0.6 is 11.6 Å². The molecule has 2 heterocycles. The van der Waals surface area contributed by atoms with E-state index < -0.39 is 5.54 Å². The monoisotopic (exact) mass is 385 g/mol. The molecule has 3 rings (SSSR count). The number of halogens is 1. The fourth-order valence-electron chi connectivity index (χ4n) is 3.44. The number of carbonyl (C=O) groups excluding carboxylic acids is 2. The molecule has 0 spiro atoms. The molecule has 0 saturated carbocycles. The van der Waals surface area contributed by atoms with Crippen LogP contribution in [-0.4, -0.2) is 33.8 Å². The van der Waals surface area contributed by atoms with Crippen LogP contribution in [0.15, 0.2) is 48.7 Å². The smallest absolute Gasteiger partial charge is 0.251 e. The maximum atomic E-state index is 12.8. The third-order valence-electron chi connectivity index (χ3n) is 5.26. The zero-order valence-electron chi connectivity index (χ0n) is 15.6. The van der Waals surface area contributed by atoms with Gasteiger partial charge in [-0.2, -0.15) is 0 Å². The Bertz CT molecular complexity index is 808. The third kappa shape index (κ3) is 4.48. The molecule has 1 atom stereocenters. The first-order chi connectivity index (χ1) is 12.9. The molecule has 1 aromatic carbocycles. The molecular formula is C21H24ClN3O2. The Labute approximate surface area is 164 Å². The van der Waals surface area contributed by atoms with E-state index in [1.807, 2.05) is 18.2 Å². The number of benzene rings is 1. The number of piperidine rings is 1. The summed E-state index contributed by atoms with van der Waals surface area (Å²) in [4.78, 5) is 31.4. The first-order valence-corrected chi connectivity index (χ1v) is 9.53. The number of carbonyl (C=O) groups is 2. The van der Waals surface area contributed by atoms with E-state index in [1.165, 1.54) is 0 Å². The summed E-state index contributed by atoms with van der Waals surface area (Å²) in [5.41, 5.74) is 0.932. The number of nitrogens with one attached hydrogen (secondary N) is 1. The van der Waals surface area contributed by atoms with Gasteiger partial charge in [-0.3, -0.25) is 14.6 Å². The summed E-state index contributed by atoms with van der Waals surface area (Å²) in [5, 5.41) is 3.80. The topological polar surface area (TPSA) is 62.3 Å². The van der Waals surface area contributed by atoms with Crippen molar-refractivity contribution in [3.63, 3.8) is 0 Å². The first-order valence-electron chi connectivity index (χ1n) is 9.15. The molecule has 1 saturated heterocycles. The Kier molecular flexibility index (Phi) is 5.80. The molecule has 1 unspecified atom stereocenters. The minimum atomic E-state index is -0.473. The number of rotatable bonds is 5. The summed E-state index contributed by atoms with van der Waals surface area (Å²) < 4.78 is 0. The second-order valence-electron chi connectivity index (χ2n) is 7.34. The number of hydrogen-bond acceptors (Lipinski definition) is 3. The average Bonchev–Trinajstić information content (AvgIpc) is 2.66. The summed E-state index contributed by atoms with van der Waals surface area (Å²) in [7, 11) is 0. The van der Waals surface area contributed by atoms with Crippen molar-refractivity contribution >= 4 is 23.4 Å². The van der Waals surface area contributed by atoms with Gasteiger partial charge in [0.25, 0.3) is 5.91 Å². The van der Waals surface area contributed by atoms with Crippen LogP contribution in [0.5, 0.6) is 0 Å². The summed E-state index contributed by atoms with van der Waals surface area (Å²) in [6, 6.07) is 12.5. The van der Waals surface area contributed by atoms with Crippen LogP contribution in [0.2, 0.25) is 5.02 Å². The lowest BCUT2D eigenvalue weighted by Gasteiger charge is -2.45. The van der Waals surface area contributed by atoms with Gasteiger partial charge >= 0.3 is 0 Å². The Morgan fingerprint density at radius 3 is 2.63 bits per heavy atom. The summed E-state index contributed by atoms with van der Waals surface area (Å²) in [6.45, 7) is 5.08. The molecule has 2 amide bonds. The molecule has 0 bridgehead atoms. The van der Waals surface area contributed by atoms with Gasteiger partial charge in [-0.25, -0.2) is 0 Å². The molecule has 1 fully saturated rings. The van der Waals surface area contributed by atoms with E-state index in [9.17, 15) is 9.59 Å². The van der Waals surface area contributed by atoms with Crippen LogP contribution in [-0.2, 0) is 11.3 Å². The molecular weight excluding hydrogens is 362 g/mol. The van der Waals surface area contributed by atoms with E-state index in [4.69, 9.17) is 11.6 Å². The number of hydrogen-bond donors (Lipinski definition) is 1. The molecule has 1 aromatic heterocycles. The van der Waals surface area contributed by atoms with Gasteiger partial charge in [-0.1, -0.05) is 31.5 Å². The van der Waals surface area contributed by atoms with E-state index in [-0.39, 0.29) is 17.7 Å². The van der Waals surface area contributed by atoms with Crippen LogP contribution in [0.25, 0.3) is 0 Å². The zero-order chi connectivity index (χ0) is 19.4. The van der Waals surface area contributed by atoms with E-state index in [2.05, 4.69) is 24.1 Å². The van der Waals surface area contributed by atoms with Crippen LogP contribution in [0, 0.1) is 5.92 Å². The van der Waals surface area contributed by atoms with Gasteiger partial charge in [-0.05, 0) is 48.7 Å². The second-order valence-corrected chi connectivity index (χ2v) is 7.78. The Balaban J connectivity index is 1.79. The maximum Gasteiger partial charge on any atom is 0.251 e. The van der Waals surface area contributed by atoms with Gasteiger partial charge in [0.15, 0.2) is 0 Å². The predicted octanol–water partition coefficient (Wildman–Crippen LogP) is 3.68. The normalized spacial score (nSPS) is 20.0. The molecule has 27 heavy (non-hydrogen) atoms. The number of pyridine rings is 1. The molecule has 142 valence electrons. The van der Waals surface area contributed by atoms with Crippen molar-refractivity contribution < 1.29 is 9.59 Å². The van der Waals surface area contributed by atoms with E-state index in [1.54, 1.807) is 35.4 Å². The lowest BCUT2D eigenvalue weighted by Crippen LogP contribution is -2.62. The second kappa shape index (κ2) is 8.09. The molecule has 1 N–H and O–H groups in total. The predicted molar refractivity (Wildman–Crippen MR) is 105 cm³/mol. The van der Waals surface area contributed by atoms with Crippen LogP contribution < -0.4 is 5.32 Å². The summed E-state index contributed by atoms with van der Waals surface area (Å²) in [6.07, 6.45) is 2.76. The number of nitrogens with zero attached hydrogens (tertiary/aromatic N) is 2. The van der Waals surface area contributed by atoms with E-state index in [0.717, 1.165) is 5.69 Å². The average molecular weight is 386 g/mol. The Morgan fingerprint density at radius 1 is 1.26 bits per heavy atom. The van der Waals surface area contributed by atoms with Gasteiger partial charge in [0.2, 0.25) is 5.91 Å². The quantitative estimate of drug-likeness (QED) is 0.853. The molecule has 2 aromatic rings. The minimum Gasteiger partial charge on any atom is -0.345 e. The van der Waals surface area contributed by atoms with Gasteiger partial charge < -0.3 is 10.2 Å². The fraction of sp³-hybridized carbons (Fsp3) is 0.381. The highest BCUT2D eigenvalue weighted by Crippen LogP contribution is 2.30. The third-order valence-corrected chi connectivity index (χ3v) is 5.52. The van der Waals surface area contributed by atoms with E-state index in [0.29, 0.717) is 36.5 Å². The van der Waals surface area contributed by atoms with Gasteiger partial charge in [0, 0.05) is 29.7 Å². The van der Waals surface area contributed by atoms with Gasteiger partial charge in [-0.15, -0.1) is 0 Å². The lowest BCUT2D eigenvalue weighted by atomic mass is 9.78. The van der Waals surface area contributed by atoms with Crippen molar-refractivity contribution in [3.05, 3.63) is 64.9 Å².